The zero-order valence-electron chi connectivity index (χ0n) is 18.9. The molecule has 1 N–H and O–H groups in total. The lowest BCUT2D eigenvalue weighted by molar-refractivity contribution is -0.115. The van der Waals surface area contributed by atoms with Gasteiger partial charge in [0.15, 0.2) is 0 Å². The number of hydrogen-bond acceptors (Lipinski definition) is 3. The zero-order chi connectivity index (χ0) is 22.9. The van der Waals surface area contributed by atoms with Gasteiger partial charge in [-0.1, -0.05) is 57.2 Å². The monoisotopic (exact) mass is 444 g/mol. The second kappa shape index (κ2) is 8.83. The van der Waals surface area contributed by atoms with Gasteiger partial charge in [0.2, 0.25) is 5.91 Å². The first kappa shape index (κ1) is 22.2. The summed E-state index contributed by atoms with van der Waals surface area (Å²) in [5.74, 6) is 0.391. The predicted octanol–water partition coefficient (Wildman–Crippen LogP) is 6.32. The number of anilines is 2. The molecule has 1 aliphatic heterocycles. The fourth-order valence-corrected chi connectivity index (χ4v) is 4.99. The number of benzene rings is 3. The Balaban J connectivity index is 1.54. The molecule has 3 aromatic carbocycles. The van der Waals surface area contributed by atoms with Crippen molar-refractivity contribution in [3.05, 3.63) is 95.1 Å². The Kier molecular flexibility index (Phi) is 6.11. The molecular weight excluding hydrogens is 416 g/mol. The molecule has 164 valence electrons. The highest BCUT2D eigenvalue weighted by atomic mass is 32.2. The molecule has 5 heteroatoms. The molecule has 0 spiro atoms. The van der Waals surface area contributed by atoms with Crippen LogP contribution in [0.2, 0.25) is 0 Å². The van der Waals surface area contributed by atoms with Crippen LogP contribution in [0.4, 0.5) is 11.4 Å². The van der Waals surface area contributed by atoms with Gasteiger partial charge in [0, 0.05) is 16.9 Å². The van der Waals surface area contributed by atoms with Gasteiger partial charge in [0.1, 0.15) is 5.37 Å². The molecule has 1 saturated heterocycles. The second-order valence-electron chi connectivity index (χ2n) is 9.17. The lowest BCUT2D eigenvalue weighted by Gasteiger charge is -2.25. The van der Waals surface area contributed by atoms with Gasteiger partial charge >= 0.3 is 0 Å². The van der Waals surface area contributed by atoms with Gasteiger partial charge in [-0.15, -0.1) is 11.8 Å². The Morgan fingerprint density at radius 1 is 1.00 bits per heavy atom. The van der Waals surface area contributed by atoms with Gasteiger partial charge in [-0.25, -0.2) is 0 Å². The van der Waals surface area contributed by atoms with Crippen LogP contribution >= 0.6 is 11.8 Å². The van der Waals surface area contributed by atoms with E-state index in [9.17, 15) is 9.59 Å². The number of thioether (sulfide) groups is 1. The highest BCUT2D eigenvalue weighted by Gasteiger charge is 2.34. The van der Waals surface area contributed by atoms with E-state index in [-0.39, 0.29) is 22.6 Å². The molecule has 1 heterocycles. The summed E-state index contributed by atoms with van der Waals surface area (Å²) in [4.78, 5) is 27.3. The van der Waals surface area contributed by atoms with Crippen LogP contribution in [0.25, 0.3) is 0 Å². The molecule has 4 rings (SSSR count). The van der Waals surface area contributed by atoms with Crippen LogP contribution in [0.1, 0.15) is 53.2 Å². The summed E-state index contributed by atoms with van der Waals surface area (Å²) in [7, 11) is 0. The minimum atomic E-state index is -0.145. The van der Waals surface area contributed by atoms with Crippen molar-refractivity contribution in [3.8, 4) is 0 Å². The molecule has 1 atom stereocenters. The number of nitrogens with zero attached hydrogens (tertiary/aromatic N) is 1. The molecule has 2 amide bonds. The first-order valence-corrected chi connectivity index (χ1v) is 11.8. The molecule has 1 aliphatic rings. The number of nitrogens with one attached hydrogen (secondary N) is 1. The van der Waals surface area contributed by atoms with E-state index in [1.165, 1.54) is 5.56 Å². The van der Waals surface area contributed by atoms with Crippen molar-refractivity contribution in [2.45, 2.75) is 38.5 Å². The van der Waals surface area contributed by atoms with Gasteiger partial charge in [0.25, 0.3) is 5.91 Å². The van der Waals surface area contributed by atoms with E-state index in [4.69, 9.17) is 0 Å². The summed E-state index contributed by atoms with van der Waals surface area (Å²) in [6, 6.07) is 23.5. The normalized spacial score (nSPS) is 16.3. The van der Waals surface area contributed by atoms with Crippen molar-refractivity contribution in [1.29, 1.82) is 0 Å². The third-order valence-corrected chi connectivity index (χ3v) is 6.80. The maximum absolute atomic E-state index is 12.8. The summed E-state index contributed by atoms with van der Waals surface area (Å²) in [6.07, 6.45) is 0. The summed E-state index contributed by atoms with van der Waals surface area (Å²) in [5.41, 5.74) is 5.58. The largest absolute Gasteiger partial charge is 0.322 e. The number of hydrogen-bond donors (Lipinski definition) is 1. The van der Waals surface area contributed by atoms with E-state index in [1.54, 1.807) is 11.8 Å². The summed E-state index contributed by atoms with van der Waals surface area (Å²) in [5, 5.41) is 2.89. The highest BCUT2D eigenvalue weighted by Crippen LogP contribution is 2.42. The zero-order valence-corrected chi connectivity index (χ0v) is 19.7. The van der Waals surface area contributed by atoms with Gasteiger partial charge in [-0.05, 0) is 65.4 Å². The van der Waals surface area contributed by atoms with Crippen LogP contribution in [-0.4, -0.2) is 17.6 Å². The summed E-state index contributed by atoms with van der Waals surface area (Å²) in [6.45, 7) is 8.48. The van der Waals surface area contributed by atoms with Crippen LogP contribution < -0.4 is 10.2 Å². The van der Waals surface area contributed by atoms with Crippen molar-refractivity contribution in [2.24, 2.45) is 0 Å². The van der Waals surface area contributed by atoms with E-state index in [0.717, 1.165) is 22.5 Å². The smallest absolute Gasteiger partial charge is 0.255 e. The lowest BCUT2D eigenvalue weighted by Crippen LogP contribution is -2.27. The average Bonchev–Trinajstić information content (AvgIpc) is 3.15. The van der Waals surface area contributed by atoms with Crippen LogP contribution in [-0.2, 0) is 10.2 Å². The number of amides is 2. The molecule has 0 aromatic heterocycles. The molecule has 32 heavy (non-hydrogen) atoms. The van der Waals surface area contributed by atoms with Crippen LogP contribution in [0.15, 0.2) is 72.8 Å². The molecule has 1 fully saturated rings. The van der Waals surface area contributed by atoms with E-state index < -0.39 is 0 Å². The third kappa shape index (κ3) is 4.73. The molecule has 0 unspecified atom stereocenters. The standard InChI is InChI=1S/C27H28N2O2S/c1-18-7-5-10-23(15-18)29-24(30)17-32-26(29)20-8-6-9-22(16-20)28-25(31)19-11-13-21(14-12-19)27(2,3)4/h5-16,26H,17H2,1-4H3,(H,28,31)/t26-/m0/s1. The minimum Gasteiger partial charge on any atom is -0.322 e. The Hall–Kier alpha value is -3.05. The van der Waals surface area contributed by atoms with Crippen molar-refractivity contribution in [1.82, 2.24) is 0 Å². The lowest BCUT2D eigenvalue weighted by atomic mass is 9.87. The Labute approximate surface area is 194 Å². The van der Waals surface area contributed by atoms with E-state index in [1.807, 2.05) is 84.6 Å². The van der Waals surface area contributed by atoms with Gasteiger partial charge in [-0.2, -0.15) is 0 Å². The third-order valence-electron chi connectivity index (χ3n) is 5.59. The Morgan fingerprint density at radius 2 is 1.72 bits per heavy atom. The fraction of sp³-hybridized carbons (Fsp3) is 0.259. The van der Waals surface area contributed by atoms with E-state index in [0.29, 0.717) is 11.3 Å². The van der Waals surface area contributed by atoms with Crippen LogP contribution in [0.5, 0.6) is 0 Å². The van der Waals surface area contributed by atoms with Crippen LogP contribution in [0, 0.1) is 6.92 Å². The topological polar surface area (TPSA) is 49.4 Å². The highest BCUT2D eigenvalue weighted by molar-refractivity contribution is 8.00. The van der Waals surface area contributed by atoms with Crippen molar-refractivity contribution < 1.29 is 9.59 Å². The number of carbonyl (C=O) groups is 2. The van der Waals surface area contributed by atoms with E-state index >= 15 is 0 Å². The fourth-order valence-electron chi connectivity index (χ4n) is 3.82. The predicted molar refractivity (Wildman–Crippen MR) is 133 cm³/mol. The number of aryl methyl sites for hydroxylation is 1. The van der Waals surface area contributed by atoms with Crippen molar-refractivity contribution >= 4 is 35.0 Å². The minimum absolute atomic E-state index is 0.0445. The molecule has 0 aliphatic carbocycles. The maximum Gasteiger partial charge on any atom is 0.255 e. The first-order valence-electron chi connectivity index (χ1n) is 10.7. The van der Waals surface area contributed by atoms with E-state index in [2.05, 4.69) is 26.1 Å². The molecule has 0 saturated carbocycles. The first-order chi connectivity index (χ1) is 15.2. The molecule has 0 bridgehead atoms. The van der Waals surface area contributed by atoms with Gasteiger partial charge < -0.3 is 5.32 Å². The number of rotatable bonds is 4. The Morgan fingerprint density at radius 3 is 2.41 bits per heavy atom. The SMILES string of the molecule is Cc1cccc(N2C(=O)CS[C@H]2c2cccc(NC(=O)c3ccc(C(C)(C)C)cc3)c2)c1. The molecule has 4 nitrogen and oxygen atoms in total. The Bertz CT molecular complexity index is 1150. The quantitative estimate of drug-likeness (QED) is 0.512. The molecule has 3 aromatic rings. The average molecular weight is 445 g/mol. The summed E-state index contributed by atoms with van der Waals surface area (Å²) >= 11 is 1.60. The van der Waals surface area contributed by atoms with Crippen LogP contribution in [0.3, 0.4) is 0 Å². The maximum atomic E-state index is 12.8. The van der Waals surface area contributed by atoms with Gasteiger partial charge in [-0.3, -0.25) is 14.5 Å². The van der Waals surface area contributed by atoms with Crippen molar-refractivity contribution in [2.75, 3.05) is 16.0 Å². The van der Waals surface area contributed by atoms with Gasteiger partial charge in [0.05, 0.1) is 5.75 Å². The summed E-state index contributed by atoms with van der Waals surface area (Å²) < 4.78 is 0. The molecular formula is C27H28N2O2S. The second-order valence-corrected chi connectivity index (χ2v) is 10.2. The molecule has 0 radical (unpaired) electrons. The number of carbonyl (C=O) groups excluding carboxylic acids is 2. The van der Waals surface area contributed by atoms with Crippen molar-refractivity contribution in [3.63, 3.8) is 0 Å².